The Morgan fingerprint density at radius 1 is 1.47 bits per heavy atom. The molecule has 0 spiro atoms. The third-order valence-corrected chi connectivity index (χ3v) is 3.10. The average molecular weight is 266 g/mol. The third kappa shape index (κ3) is 3.54. The van der Waals surface area contributed by atoms with Crippen LogP contribution in [0.5, 0.6) is 0 Å². The number of rotatable bonds is 5. The van der Waals surface area contributed by atoms with Crippen LogP contribution in [-0.4, -0.2) is 54.0 Å². The fourth-order valence-corrected chi connectivity index (χ4v) is 2.11. The molecule has 0 radical (unpaired) electrons. The lowest BCUT2D eigenvalue weighted by atomic mass is 10.2. The van der Waals surface area contributed by atoms with Gasteiger partial charge in [-0.15, -0.1) is 0 Å². The van der Waals surface area contributed by atoms with Gasteiger partial charge in [0.1, 0.15) is 17.5 Å². The highest BCUT2D eigenvalue weighted by Gasteiger charge is 2.21. The second kappa shape index (κ2) is 6.68. The lowest BCUT2D eigenvalue weighted by Crippen LogP contribution is -2.44. The first-order valence-corrected chi connectivity index (χ1v) is 6.86. The molecule has 19 heavy (non-hydrogen) atoms. The highest BCUT2D eigenvalue weighted by atomic mass is 16.5. The van der Waals surface area contributed by atoms with Gasteiger partial charge in [0.25, 0.3) is 0 Å². The number of aliphatic hydroxyl groups is 1. The number of hydrogen-bond acceptors (Lipinski definition) is 6. The Kier molecular flexibility index (Phi) is 4.93. The topological polar surface area (TPSA) is 70.5 Å². The van der Waals surface area contributed by atoms with Crippen molar-refractivity contribution >= 4 is 11.6 Å². The summed E-state index contributed by atoms with van der Waals surface area (Å²) in [6.45, 7) is 7.05. The SMILES string of the molecule is CCNc1cc(N2CCOC(CO)C2)nc(CC)n1. The van der Waals surface area contributed by atoms with Crippen LogP contribution in [0, 0.1) is 0 Å². The van der Waals surface area contributed by atoms with Crippen LogP contribution in [0.2, 0.25) is 0 Å². The van der Waals surface area contributed by atoms with E-state index in [2.05, 4.69) is 20.2 Å². The van der Waals surface area contributed by atoms with Crippen LogP contribution in [0.4, 0.5) is 11.6 Å². The van der Waals surface area contributed by atoms with Crippen LogP contribution in [0.3, 0.4) is 0 Å². The highest BCUT2D eigenvalue weighted by molar-refractivity contribution is 5.49. The van der Waals surface area contributed by atoms with Crippen molar-refractivity contribution in [3.05, 3.63) is 11.9 Å². The van der Waals surface area contributed by atoms with Gasteiger partial charge >= 0.3 is 0 Å². The molecule has 6 heteroatoms. The number of aromatic nitrogens is 2. The van der Waals surface area contributed by atoms with E-state index < -0.39 is 0 Å². The molecule has 1 saturated heterocycles. The zero-order chi connectivity index (χ0) is 13.7. The molecule has 1 aromatic rings. The van der Waals surface area contributed by atoms with Gasteiger partial charge in [0, 0.05) is 32.1 Å². The van der Waals surface area contributed by atoms with Gasteiger partial charge in [0.15, 0.2) is 0 Å². The maximum Gasteiger partial charge on any atom is 0.134 e. The first kappa shape index (κ1) is 14.0. The van der Waals surface area contributed by atoms with E-state index in [0.717, 1.165) is 37.0 Å². The summed E-state index contributed by atoms with van der Waals surface area (Å²) in [5.41, 5.74) is 0. The molecule has 1 fully saturated rings. The molecule has 0 amide bonds. The first-order valence-electron chi connectivity index (χ1n) is 6.86. The van der Waals surface area contributed by atoms with Gasteiger partial charge in [0.2, 0.25) is 0 Å². The molecule has 106 valence electrons. The van der Waals surface area contributed by atoms with E-state index in [1.165, 1.54) is 0 Å². The standard InChI is InChI=1S/C13H22N4O2/c1-3-11-15-12(14-4-2)7-13(16-11)17-5-6-19-10(8-17)9-18/h7,10,18H,3-6,8-9H2,1-2H3,(H,14,15,16). The Morgan fingerprint density at radius 3 is 3.00 bits per heavy atom. The van der Waals surface area contributed by atoms with Crippen LogP contribution in [-0.2, 0) is 11.2 Å². The molecule has 1 aliphatic rings. The first-order chi connectivity index (χ1) is 9.26. The number of aliphatic hydroxyl groups excluding tert-OH is 1. The summed E-state index contributed by atoms with van der Waals surface area (Å²) in [6.07, 6.45) is 0.677. The predicted octanol–water partition coefficient (Wildman–Crippen LogP) is 0.668. The van der Waals surface area contributed by atoms with E-state index in [4.69, 9.17) is 4.74 Å². The number of aryl methyl sites for hydroxylation is 1. The van der Waals surface area contributed by atoms with Gasteiger partial charge in [-0.3, -0.25) is 0 Å². The van der Waals surface area contributed by atoms with E-state index in [1.54, 1.807) is 0 Å². The molecule has 0 aromatic carbocycles. The highest BCUT2D eigenvalue weighted by Crippen LogP contribution is 2.19. The minimum absolute atomic E-state index is 0.0439. The number of nitrogens with zero attached hydrogens (tertiary/aromatic N) is 3. The van der Waals surface area contributed by atoms with Crippen molar-refractivity contribution in [2.45, 2.75) is 26.4 Å². The number of anilines is 2. The molecular weight excluding hydrogens is 244 g/mol. The van der Waals surface area contributed by atoms with Crippen molar-refractivity contribution in [2.75, 3.05) is 43.1 Å². The van der Waals surface area contributed by atoms with Crippen LogP contribution >= 0.6 is 0 Å². The van der Waals surface area contributed by atoms with Gasteiger partial charge in [-0.05, 0) is 6.92 Å². The molecular formula is C13H22N4O2. The van der Waals surface area contributed by atoms with Crippen LogP contribution < -0.4 is 10.2 Å². The van der Waals surface area contributed by atoms with Crippen LogP contribution in [0.25, 0.3) is 0 Å². The molecule has 2 rings (SSSR count). The normalized spacial score (nSPS) is 19.5. The quantitative estimate of drug-likeness (QED) is 0.816. The molecule has 1 aliphatic heterocycles. The maximum absolute atomic E-state index is 9.20. The minimum Gasteiger partial charge on any atom is -0.394 e. The van der Waals surface area contributed by atoms with Crippen molar-refractivity contribution in [2.24, 2.45) is 0 Å². The van der Waals surface area contributed by atoms with E-state index >= 15 is 0 Å². The van der Waals surface area contributed by atoms with Crippen LogP contribution in [0.1, 0.15) is 19.7 Å². The number of nitrogens with one attached hydrogen (secondary N) is 1. The maximum atomic E-state index is 9.20. The van der Waals surface area contributed by atoms with Crippen molar-refractivity contribution in [3.8, 4) is 0 Å². The summed E-state index contributed by atoms with van der Waals surface area (Å²) >= 11 is 0. The second-order valence-corrected chi connectivity index (χ2v) is 4.53. The molecule has 2 heterocycles. The fourth-order valence-electron chi connectivity index (χ4n) is 2.11. The summed E-state index contributed by atoms with van der Waals surface area (Å²) in [5, 5.41) is 12.4. The van der Waals surface area contributed by atoms with Gasteiger partial charge in [0.05, 0.1) is 19.3 Å². The lowest BCUT2D eigenvalue weighted by molar-refractivity contribution is 0.00335. The lowest BCUT2D eigenvalue weighted by Gasteiger charge is -2.33. The fraction of sp³-hybridized carbons (Fsp3) is 0.692. The second-order valence-electron chi connectivity index (χ2n) is 4.53. The zero-order valence-electron chi connectivity index (χ0n) is 11.6. The van der Waals surface area contributed by atoms with E-state index in [1.807, 2.05) is 19.9 Å². The molecule has 1 unspecified atom stereocenters. The van der Waals surface area contributed by atoms with Crippen molar-refractivity contribution in [1.29, 1.82) is 0 Å². The third-order valence-electron chi connectivity index (χ3n) is 3.10. The molecule has 1 atom stereocenters. The summed E-state index contributed by atoms with van der Waals surface area (Å²) < 4.78 is 5.46. The molecule has 2 N–H and O–H groups in total. The predicted molar refractivity (Wildman–Crippen MR) is 74.6 cm³/mol. The number of hydrogen-bond donors (Lipinski definition) is 2. The molecule has 0 saturated carbocycles. The van der Waals surface area contributed by atoms with Crippen LogP contribution in [0.15, 0.2) is 6.07 Å². The molecule has 1 aromatic heterocycles. The van der Waals surface area contributed by atoms with E-state index in [-0.39, 0.29) is 12.7 Å². The number of ether oxygens (including phenoxy) is 1. The average Bonchev–Trinajstić information content (AvgIpc) is 2.47. The van der Waals surface area contributed by atoms with Gasteiger partial charge in [-0.1, -0.05) is 6.92 Å². The Labute approximate surface area is 113 Å². The summed E-state index contributed by atoms with van der Waals surface area (Å²) in [4.78, 5) is 11.2. The summed E-state index contributed by atoms with van der Waals surface area (Å²) in [5.74, 6) is 2.60. The van der Waals surface area contributed by atoms with Gasteiger partial charge in [-0.2, -0.15) is 0 Å². The molecule has 0 bridgehead atoms. The minimum atomic E-state index is -0.128. The Balaban J connectivity index is 2.19. The summed E-state index contributed by atoms with van der Waals surface area (Å²) in [6, 6.07) is 1.96. The molecule has 6 nitrogen and oxygen atoms in total. The summed E-state index contributed by atoms with van der Waals surface area (Å²) in [7, 11) is 0. The van der Waals surface area contributed by atoms with Crippen molar-refractivity contribution in [1.82, 2.24) is 9.97 Å². The van der Waals surface area contributed by atoms with Gasteiger partial charge in [-0.25, -0.2) is 9.97 Å². The van der Waals surface area contributed by atoms with Crippen molar-refractivity contribution < 1.29 is 9.84 Å². The van der Waals surface area contributed by atoms with Gasteiger partial charge < -0.3 is 20.1 Å². The van der Waals surface area contributed by atoms with E-state index in [9.17, 15) is 5.11 Å². The molecule has 0 aliphatic carbocycles. The number of morpholine rings is 1. The van der Waals surface area contributed by atoms with E-state index in [0.29, 0.717) is 13.2 Å². The Morgan fingerprint density at radius 2 is 2.32 bits per heavy atom. The Bertz CT molecular complexity index is 414. The largest absolute Gasteiger partial charge is 0.394 e. The van der Waals surface area contributed by atoms with Crippen molar-refractivity contribution in [3.63, 3.8) is 0 Å². The zero-order valence-corrected chi connectivity index (χ0v) is 11.6. The monoisotopic (exact) mass is 266 g/mol. The Hall–Kier alpha value is -1.40. The smallest absolute Gasteiger partial charge is 0.134 e.